The molecule has 0 aliphatic carbocycles. The first-order chi connectivity index (χ1) is 12.1. The molecule has 25 heavy (non-hydrogen) atoms. The zero-order valence-electron chi connectivity index (χ0n) is 14.5. The van der Waals surface area contributed by atoms with E-state index in [1.165, 1.54) is 20.0 Å². The van der Waals surface area contributed by atoms with Crippen molar-refractivity contribution in [2.24, 2.45) is 5.73 Å². The van der Waals surface area contributed by atoms with Crippen LogP contribution >= 0.6 is 0 Å². The van der Waals surface area contributed by atoms with Crippen LogP contribution in [0.15, 0.2) is 18.2 Å². The Morgan fingerprint density at radius 3 is 2.84 bits per heavy atom. The van der Waals surface area contributed by atoms with Gasteiger partial charge in [-0.05, 0) is 44.0 Å². The van der Waals surface area contributed by atoms with E-state index >= 15 is 0 Å². The van der Waals surface area contributed by atoms with Gasteiger partial charge in [-0.25, -0.2) is 0 Å². The van der Waals surface area contributed by atoms with E-state index in [0.29, 0.717) is 23.1 Å². The molecule has 2 aliphatic rings. The number of nitrogens with one attached hydrogen (secondary N) is 1. The largest absolute Gasteiger partial charge is 0.493 e. The Bertz CT molecular complexity index is 649. The first-order valence-corrected chi connectivity index (χ1v) is 8.72. The average Bonchev–Trinajstić information content (AvgIpc) is 3.02. The van der Waals surface area contributed by atoms with Crippen molar-refractivity contribution in [2.45, 2.75) is 37.8 Å². The van der Waals surface area contributed by atoms with Crippen LogP contribution in [0.4, 0.5) is 0 Å². The molecule has 2 fully saturated rings. The quantitative estimate of drug-likeness (QED) is 0.798. The number of rotatable bonds is 6. The molecule has 0 spiro atoms. The number of piperidine rings is 1. The Kier molecular flexibility index (Phi) is 5.43. The minimum Gasteiger partial charge on any atom is -0.493 e. The van der Waals surface area contributed by atoms with Gasteiger partial charge in [0.05, 0.1) is 7.11 Å². The number of primary amides is 1. The highest BCUT2D eigenvalue weighted by atomic mass is 16.5. The van der Waals surface area contributed by atoms with Crippen LogP contribution in [-0.4, -0.2) is 55.6 Å². The monoisotopic (exact) mass is 347 g/mol. The molecule has 2 heterocycles. The number of methoxy groups -OCH3 is 1. The van der Waals surface area contributed by atoms with Gasteiger partial charge in [-0.15, -0.1) is 0 Å². The minimum absolute atomic E-state index is 0.114. The Morgan fingerprint density at radius 1 is 1.24 bits per heavy atom. The molecular weight excluding hydrogens is 322 g/mol. The van der Waals surface area contributed by atoms with Crippen molar-refractivity contribution < 1.29 is 19.1 Å². The summed E-state index contributed by atoms with van der Waals surface area (Å²) in [5.74, 6) is 0.108. The number of fused-ring (bicyclic) bond motifs is 1. The maximum atomic E-state index is 12.6. The molecule has 3 rings (SSSR count). The van der Waals surface area contributed by atoms with Crippen molar-refractivity contribution in [3.05, 3.63) is 23.8 Å². The fraction of sp³-hybridized carbons (Fsp3) is 0.556. The van der Waals surface area contributed by atoms with Crippen LogP contribution < -0.4 is 20.5 Å². The Morgan fingerprint density at radius 2 is 2.08 bits per heavy atom. The third kappa shape index (κ3) is 4.04. The maximum Gasteiger partial charge on any atom is 0.255 e. The molecule has 0 saturated carbocycles. The minimum atomic E-state index is -0.567. The number of benzene rings is 1. The second kappa shape index (κ2) is 7.74. The molecule has 1 aromatic carbocycles. The summed E-state index contributed by atoms with van der Waals surface area (Å²) in [6, 6.07) is 5.57. The van der Waals surface area contributed by atoms with E-state index in [2.05, 4.69) is 10.2 Å². The third-order valence-corrected chi connectivity index (χ3v) is 4.97. The van der Waals surface area contributed by atoms with Gasteiger partial charge in [-0.3, -0.25) is 14.5 Å². The number of hydrogen-bond acceptors (Lipinski definition) is 5. The van der Waals surface area contributed by atoms with E-state index in [9.17, 15) is 9.59 Å². The molecule has 2 amide bonds. The molecule has 0 unspecified atom stereocenters. The molecular formula is C18H25N3O4. The van der Waals surface area contributed by atoms with Gasteiger partial charge in [-0.2, -0.15) is 0 Å². The molecule has 0 bridgehead atoms. The summed E-state index contributed by atoms with van der Waals surface area (Å²) in [6.45, 7) is 1.96. The lowest BCUT2D eigenvalue weighted by Gasteiger charge is -2.32. The summed E-state index contributed by atoms with van der Waals surface area (Å²) >= 11 is 0. The molecule has 0 aromatic heterocycles. The van der Waals surface area contributed by atoms with Crippen molar-refractivity contribution >= 4 is 11.8 Å². The summed E-state index contributed by atoms with van der Waals surface area (Å²) in [5.41, 5.74) is 5.59. The topological polar surface area (TPSA) is 93.9 Å². The molecule has 3 N–H and O–H groups in total. The number of nitrogens with zero attached hydrogens (tertiary/aromatic N) is 1. The second-order valence-corrected chi connectivity index (χ2v) is 6.59. The van der Waals surface area contributed by atoms with Crippen molar-refractivity contribution in [1.29, 1.82) is 0 Å². The number of nitrogens with two attached hydrogens (primary N) is 1. The van der Waals surface area contributed by atoms with Gasteiger partial charge >= 0.3 is 0 Å². The van der Waals surface area contributed by atoms with Crippen LogP contribution in [0.1, 0.15) is 36.0 Å². The first-order valence-electron chi connectivity index (χ1n) is 8.72. The normalized spacial score (nSPS) is 22.9. The number of carbonyl (C=O) groups is 2. The van der Waals surface area contributed by atoms with Crippen molar-refractivity contribution in [3.8, 4) is 11.5 Å². The summed E-state index contributed by atoms with van der Waals surface area (Å²) in [6.07, 6.45) is 4.62. The predicted octanol–water partition coefficient (Wildman–Crippen LogP) is 0.916. The number of hydrogen-bond donors (Lipinski definition) is 2. The van der Waals surface area contributed by atoms with Gasteiger partial charge in [0.2, 0.25) is 0 Å². The van der Waals surface area contributed by atoms with Crippen LogP contribution in [0.5, 0.6) is 11.5 Å². The number of amides is 2. The van der Waals surface area contributed by atoms with E-state index in [1.807, 2.05) is 0 Å². The summed E-state index contributed by atoms with van der Waals surface area (Å²) in [7, 11) is 1.49. The standard InChI is InChI=1S/C18H25N3O4/c1-24-16-10-12(5-6-15(16)25-11-17(19)22)18(23)20-13-7-9-21-8-3-2-4-14(13)21/h5-6,10,13-14H,2-4,7-9,11H2,1H3,(H2,19,22)(H,20,23)/t13-,14+/m1/s1. The summed E-state index contributed by atoms with van der Waals surface area (Å²) < 4.78 is 10.5. The van der Waals surface area contributed by atoms with E-state index < -0.39 is 5.91 Å². The summed E-state index contributed by atoms with van der Waals surface area (Å²) in [5, 5.41) is 3.16. The Labute approximate surface area is 147 Å². The molecule has 2 aliphatic heterocycles. The summed E-state index contributed by atoms with van der Waals surface area (Å²) in [4.78, 5) is 25.9. The van der Waals surface area contributed by atoms with Crippen LogP contribution in [0, 0.1) is 0 Å². The van der Waals surface area contributed by atoms with Gasteiger partial charge in [0.15, 0.2) is 18.1 Å². The second-order valence-electron chi connectivity index (χ2n) is 6.59. The van der Waals surface area contributed by atoms with Gasteiger partial charge in [0, 0.05) is 24.2 Å². The highest BCUT2D eigenvalue weighted by molar-refractivity contribution is 5.95. The zero-order chi connectivity index (χ0) is 17.8. The SMILES string of the molecule is COc1cc(C(=O)N[C@@H]2CCN3CCCC[C@@H]23)ccc1OCC(N)=O. The lowest BCUT2D eigenvalue weighted by atomic mass is 9.99. The van der Waals surface area contributed by atoms with Crippen LogP contribution in [0.25, 0.3) is 0 Å². The van der Waals surface area contributed by atoms with E-state index in [4.69, 9.17) is 15.2 Å². The fourth-order valence-corrected chi connectivity index (χ4v) is 3.74. The lowest BCUT2D eigenvalue weighted by molar-refractivity contribution is -0.119. The molecule has 0 radical (unpaired) electrons. The first kappa shape index (κ1) is 17.5. The van der Waals surface area contributed by atoms with Crippen molar-refractivity contribution in [2.75, 3.05) is 26.8 Å². The van der Waals surface area contributed by atoms with Gasteiger partial charge in [0.1, 0.15) is 0 Å². The van der Waals surface area contributed by atoms with Gasteiger partial charge in [-0.1, -0.05) is 6.42 Å². The number of carbonyl (C=O) groups excluding carboxylic acids is 2. The third-order valence-electron chi connectivity index (χ3n) is 4.97. The van der Waals surface area contributed by atoms with Gasteiger partial charge < -0.3 is 20.5 Å². The Balaban J connectivity index is 1.66. The molecule has 136 valence electrons. The molecule has 2 saturated heterocycles. The van der Waals surface area contributed by atoms with Gasteiger partial charge in [0.25, 0.3) is 11.8 Å². The van der Waals surface area contributed by atoms with Crippen molar-refractivity contribution in [3.63, 3.8) is 0 Å². The zero-order valence-corrected chi connectivity index (χ0v) is 14.5. The molecule has 2 atom stereocenters. The molecule has 1 aromatic rings. The highest BCUT2D eigenvalue weighted by Crippen LogP contribution is 2.29. The maximum absolute atomic E-state index is 12.6. The fourth-order valence-electron chi connectivity index (χ4n) is 3.74. The van der Waals surface area contributed by atoms with Crippen LogP contribution in [0.2, 0.25) is 0 Å². The van der Waals surface area contributed by atoms with Crippen LogP contribution in [0.3, 0.4) is 0 Å². The highest BCUT2D eigenvalue weighted by Gasteiger charge is 2.36. The Hall–Kier alpha value is -2.28. The predicted molar refractivity (Wildman–Crippen MR) is 92.8 cm³/mol. The smallest absolute Gasteiger partial charge is 0.255 e. The lowest BCUT2D eigenvalue weighted by Crippen LogP contribution is -2.46. The van der Waals surface area contributed by atoms with Crippen LogP contribution in [-0.2, 0) is 4.79 Å². The average molecular weight is 347 g/mol. The number of ether oxygens (including phenoxy) is 2. The van der Waals surface area contributed by atoms with E-state index in [-0.39, 0.29) is 18.6 Å². The molecule has 7 heteroatoms. The van der Waals surface area contributed by atoms with E-state index in [0.717, 1.165) is 25.9 Å². The van der Waals surface area contributed by atoms with E-state index in [1.54, 1.807) is 18.2 Å². The molecule has 7 nitrogen and oxygen atoms in total. The van der Waals surface area contributed by atoms with Crippen molar-refractivity contribution in [1.82, 2.24) is 10.2 Å².